The van der Waals surface area contributed by atoms with Gasteiger partial charge in [-0.2, -0.15) is 11.8 Å². The number of piperidine rings is 1. The number of likely N-dealkylation sites (N-methyl/N-ethyl adjacent to an activating group) is 1. The molecule has 0 aromatic heterocycles. The number of thioether (sulfide) groups is 1. The smallest absolute Gasteiger partial charge is 0.325 e. The van der Waals surface area contributed by atoms with Gasteiger partial charge in [0.2, 0.25) is 28.2 Å². The molecule has 0 bridgehead atoms. The Balaban J connectivity index is 0.902. The standard InChI is InChI=1S/C38H61N7O11S2/c1-39-31-28-57-32(35(31)42-29-46)9-5-6-10-33(47)40-14-18-53-20-22-55-24-25-56-23-21-54-19-15-41-34(48)11-26-58(51,52)44-16-12-38(13-17-44)36(49)45(37(50)43-38)27-30-7-3-2-4-8-30/h2-4,7-8,29,31-32,35,39H,5-6,9-28H2,1H3,(H,40,47)(H,41,48)(H,42,46)(H,43,50)/t31-,32?,35-/m0/s1. The van der Waals surface area contributed by atoms with Crippen molar-refractivity contribution in [1.29, 1.82) is 0 Å². The van der Waals surface area contributed by atoms with Gasteiger partial charge in [0, 0.05) is 56.1 Å². The quantitative estimate of drug-likeness (QED) is 0.0407. The maximum Gasteiger partial charge on any atom is 0.325 e. The number of carbonyl (C=O) groups excluding carboxylic acids is 5. The van der Waals surface area contributed by atoms with E-state index in [2.05, 4.69) is 26.6 Å². The first kappa shape index (κ1) is 47.3. The molecule has 3 heterocycles. The van der Waals surface area contributed by atoms with Crippen LogP contribution in [0, 0.1) is 0 Å². The monoisotopic (exact) mass is 855 g/mol. The van der Waals surface area contributed by atoms with Crippen LogP contribution in [-0.4, -0.2) is 168 Å². The molecule has 3 saturated heterocycles. The van der Waals surface area contributed by atoms with Gasteiger partial charge in [-0.1, -0.05) is 36.8 Å². The van der Waals surface area contributed by atoms with Crippen LogP contribution in [-0.2, 0) is 54.7 Å². The lowest BCUT2D eigenvalue weighted by Gasteiger charge is -2.36. The summed E-state index contributed by atoms with van der Waals surface area (Å²) in [6.07, 6.45) is 4.03. The molecule has 3 aliphatic heterocycles. The Morgan fingerprint density at radius 2 is 1.47 bits per heavy atom. The Labute approximate surface area is 346 Å². The van der Waals surface area contributed by atoms with E-state index < -0.39 is 27.5 Å². The van der Waals surface area contributed by atoms with Crippen molar-refractivity contribution < 1.29 is 51.3 Å². The fourth-order valence-electron chi connectivity index (χ4n) is 7.04. The van der Waals surface area contributed by atoms with E-state index in [9.17, 15) is 32.4 Å². The van der Waals surface area contributed by atoms with Crippen LogP contribution in [0.5, 0.6) is 0 Å². The summed E-state index contributed by atoms with van der Waals surface area (Å²) in [5.74, 6) is -0.153. The molecule has 0 aliphatic carbocycles. The maximum atomic E-state index is 13.2. The summed E-state index contributed by atoms with van der Waals surface area (Å²) in [4.78, 5) is 62.3. The molecule has 1 spiro atoms. The van der Waals surface area contributed by atoms with E-state index >= 15 is 0 Å². The number of rotatable bonds is 29. The second kappa shape index (κ2) is 25.3. The normalized spacial score (nSPS) is 20.6. The van der Waals surface area contributed by atoms with Crippen molar-refractivity contribution in [2.75, 3.05) is 97.6 Å². The van der Waals surface area contributed by atoms with Crippen molar-refractivity contribution in [2.24, 2.45) is 0 Å². The van der Waals surface area contributed by atoms with Gasteiger partial charge in [0.05, 0.1) is 71.2 Å². The maximum absolute atomic E-state index is 13.2. The Bertz CT molecular complexity index is 1550. The molecule has 326 valence electrons. The molecular formula is C38H61N7O11S2. The number of hydrogen-bond donors (Lipinski definition) is 5. The number of hydrogen-bond acceptors (Lipinski definition) is 13. The molecule has 18 nitrogen and oxygen atoms in total. The van der Waals surface area contributed by atoms with Crippen molar-refractivity contribution in [3.05, 3.63) is 35.9 Å². The summed E-state index contributed by atoms with van der Waals surface area (Å²) in [6, 6.07) is 9.09. The van der Waals surface area contributed by atoms with E-state index in [1.807, 2.05) is 49.1 Å². The zero-order valence-corrected chi connectivity index (χ0v) is 35.1. The van der Waals surface area contributed by atoms with Crippen molar-refractivity contribution in [3.8, 4) is 0 Å². The Hall–Kier alpha value is -3.37. The molecule has 3 atom stereocenters. The molecule has 20 heteroatoms. The zero-order chi connectivity index (χ0) is 41.6. The highest BCUT2D eigenvalue weighted by Crippen LogP contribution is 2.32. The van der Waals surface area contributed by atoms with E-state index in [1.165, 1.54) is 9.21 Å². The molecule has 0 radical (unpaired) electrons. The molecule has 58 heavy (non-hydrogen) atoms. The zero-order valence-electron chi connectivity index (χ0n) is 33.5. The van der Waals surface area contributed by atoms with Crippen LogP contribution < -0.4 is 26.6 Å². The fraction of sp³-hybridized carbons (Fsp3) is 0.711. The average Bonchev–Trinajstić information content (AvgIpc) is 3.71. The Morgan fingerprint density at radius 1 is 0.879 bits per heavy atom. The van der Waals surface area contributed by atoms with E-state index in [0.29, 0.717) is 64.5 Å². The van der Waals surface area contributed by atoms with Gasteiger partial charge in [0.1, 0.15) is 5.54 Å². The number of nitrogens with zero attached hydrogens (tertiary/aromatic N) is 2. The lowest BCUT2D eigenvalue weighted by Crippen LogP contribution is -2.56. The van der Waals surface area contributed by atoms with Crippen LogP contribution in [0.15, 0.2) is 30.3 Å². The van der Waals surface area contributed by atoms with Crippen LogP contribution in [0.25, 0.3) is 0 Å². The first-order chi connectivity index (χ1) is 28.1. The molecule has 3 fully saturated rings. The summed E-state index contributed by atoms with van der Waals surface area (Å²) in [5, 5.41) is 14.9. The highest BCUT2D eigenvalue weighted by molar-refractivity contribution is 8.00. The van der Waals surface area contributed by atoms with E-state index in [1.54, 1.807) is 0 Å². The van der Waals surface area contributed by atoms with Crippen molar-refractivity contribution >= 4 is 51.9 Å². The van der Waals surface area contributed by atoms with Gasteiger partial charge in [-0.25, -0.2) is 17.5 Å². The van der Waals surface area contributed by atoms with Crippen LogP contribution in [0.2, 0.25) is 0 Å². The van der Waals surface area contributed by atoms with Crippen molar-refractivity contribution in [1.82, 2.24) is 35.8 Å². The Morgan fingerprint density at radius 3 is 2.05 bits per heavy atom. The fourth-order valence-corrected chi connectivity index (χ4v) is 10.1. The summed E-state index contributed by atoms with van der Waals surface area (Å²) in [5.41, 5.74) is -0.300. The number of imide groups is 1. The van der Waals surface area contributed by atoms with Gasteiger partial charge in [-0.3, -0.25) is 24.1 Å². The first-order valence-corrected chi connectivity index (χ1v) is 22.7. The molecule has 6 amide bonds. The second-order valence-electron chi connectivity index (χ2n) is 14.3. The summed E-state index contributed by atoms with van der Waals surface area (Å²) in [7, 11) is -1.83. The number of carbonyl (C=O) groups is 5. The van der Waals surface area contributed by atoms with Crippen LogP contribution in [0.4, 0.5) is 4.79 Å². The number of amides is 6. The highest BCUT2D eigenvalue weighted by Gasteiger charge is 2.53. The van der Waals surface area contributed by atoms with E-state index in [-0.39, 0.29) is 81.7 Å². The largest absolute Gasteiger partial charge is 0.377 e. The van der Waals surface area contributed by atoms with Crippen molar-refractivity contribution in [3.63, 3.8) is 0 Å². The minimum Gasteiger partial charge on any atom is -0.377 e. The molecule has 4 rings (SSSR count). The molecular weight excluding hydrogens is 795 g/mol. The highest BCUT2D eigenvalue weighted by atomic mass is 32.2. The van der Waals surface area contributed by atoms with Crippen LogP contribution >= 0.6 is 11.8 Å². The summed E-state index contributed by atoms with van der Waals surface area (Å²) in [6.45, 7) is 3.81. The molecule has 1 aromatic carbocycles. The van der Waals surface area contributed by atoms with Gasteiger partial charge >= 0.3 is 6.03 Å². The lowest BCUT2D eigenvalue weighted by molar-refractivity contribution is -0.133. The van der Waals surface area contributed by atoms with Crippen LogP contribution in [0.1, 0.15) is 50.5 Å². The third-order valence-corrected chi connectivity index (χ3v) is 13.7. The minimum absolute atomic E-state index is 0.00311. The van der Waals surface area contributed by atoms with Crippen LogP contribution in [0.3, 0.4) is 0 Å². The minimum atomic E-state index is -3.74. The van der Waals surface area contributed by atoms with Gasteiger partial charge in [0.15, 0.2) is 0 Å². The number of benzene rings is 1. The predicted molar refractivity (Wildman–Crippen MR) is 217 cm³/mol. The number of urea groups is 1. The SMILES string of the molecule is CN[C@H]1CSC(CCCCC(=O)NCCOCCOCCOCCOCCNC(=O)CCS(=O)(=O)N2CCC3(CC2)NC(=O)N(Cc2ccccc2)C3=O)[C@H]1NC=O. The molecule has 0 saturated carbocycles. The number of ether oxygens (including phenoxy) is 4. The molecule has 3 aliphatic rings. The number of sulfonamides is 1. The van der Waals surface area contributed by atoms with Gasteiger partial charge in [-0.05, 0) is 38.3 Å². The van der Waals surface area contributed by atoms with Gasteiger partial charge < -0.3 is 45.5 Å². The third kappa shape index (κ3) is 15.3. The lowest BCUT2D eigenvalue weighted by atomic mass is 9.88. The Kier molecular flexibility index (Phi) is 20.6. The summed E-state index contributed by atoms with van der Waals surface area (Å²) >= 11 is 1.86. The third-order valence-electron chi connectivity index (χ3n) is 10.3. The predicted octanol–water partition coefficient (Wildman–Crippen LogP) is -0.0299. The van der Waals surface area contributed by atoms with Gasteiger partial charge in [0.25, 0.3) is 5.91 Å². The van der Waals surface area contributed by atoms with Gasteiger partial charge in [-0.15, -0.1) is 0 Å². The number of unbranched alkanes of at least 4 members (excludes halogenated alkanes) is 1. The number of nitrogens with one attached hydrogen (secondary N) is 5. The van der Waals surface area contributed by atoms with E-state index in [0.717, 1.165) is 37.0 Å². The summed E-state index contributed by atoms with van der Waals surface area (Å²) < 4.78 is 49.1. The molecule has 1 aromatic rings. The van der Waals surface area contributed by atoms with E-state index in [4.69, 9.17) is 18.9 Å². The van der Waals surface area contributed by atoms with Crippen molar-refractivity contribution in [2.45, 2.75) is 74.4 Å². The topological polar surface area (TPSA) is 223 Å². The second-order valence-corrected chi connectivity index (χ2v) is 17.7. The first-order valence-electron chi connectivity index (χ1n) is 20.1. The molecule has 5 N–H and O–H groups in total. The molecule has 1 unspecified atom stereocenters. The average molecular weight is 856 g/mol.